The molecule has 0 bridgehead atoms. The molecule has 0 saturated carbocycles. The van der Waals surface area contributed by atoms with Crippen LogP contribution in [0, 0.1) is 0 Å². The Morgan fingerprint density at radius 1 is 1.03 bits per heavy atom. The highest BCUT2D eigenvalue weighted by molar-refractivity contribution is 5.91. The molecule has 0 radical (unpaired) electrons. The number of anilines is 1. The number of nitrogens with one attached hydrogen (secondary N) is 2. The zero-order valence-electron chi connectivity index (χ0n) is 18.2. The average molecular weight is 434 g/mol. The third-order valence-corrected chi connectivity index (χ3v) is 5.09. The molecule has 166 valence electrons. The van der Waals surface area contributed by atoms with Gasteiger partial charge in [-0.15, -0.1) is 0 Å². The van der Waals surface area contributed by atoms with Crippen molar-refractivity contribution in [3.8, 4) is 16.9 Å². The smallest absolute Gasteiger partial charge is 0.303 e. The van der Waals surface area contributed by atoms with Crippen molar-refractivity contribution in [2.24, 2.45) is 0 Å². The van der Waals surface area contributed by atoms with E-state index in [4.69, 9.17) is 9.84 Å². The van der Waals surface area contributed by atoms with E-state index in [0.717, 1.165) is 22.4 Å². The number of aromatic nitrogens is 1. The van der Waals surface area contributed by atoms with E-state index in [2.05, 4.69) is 46.8 Å². The lowest BCUT2D eigenvalue weighted by atomic mass is 10.0. The van der Waals surface area contributed by atoms with Crippen molar-refractivity contribution >= 4 is 17.7 Å². The van der Waals surface area contributed by atoms with Crippen LogP contribution in [-0.2, 0) is 16.1 Å². The molecule has 1 atom stereocenters. The number of hydrogen-bond acceptors (Lipinski definition) is 5. The summed E-state index contributed by atoms with van der Waals surface area (Å²) >= 11 is 0. The standard InChI is InChI=1S/C25H27N3O4/c1-17(19-6-9-22(32-2)10-7-19)26-15-18-4-3-5-20(14-18)21-8-11-23(27-16-21)28-24(29)12-13-25(30)31/h3-11,14,16-17,26H,12-13,15H2,1-2H3,(H,30,31)(H,27,28,29)/t17-/m1/s1. The second kappa shape index (κ2) is 11.1. The third kappa shape index (κ3) is 6.65. The SMILES string of the molecule is COc1ccc([C@@H](C)NCc2cccc(-c3ccc(NC(=O)CCC(=O)O)nc3)c2)cc1. The molecular weight excluding hydrogens is 406 g/mol. The van der Waals surface area contributed by atoms with Crippen molar-refractivity contribution in [2.75, 3.05) is 12.4 Å². The minimum atomic E-state index is -1.00. The number of benzene rings is 2. The summed E-state index contributed by atoms with van der Waals surface area (Å²) in [6.45, 7) is 2.84. The number of amides is 1. The fourth-order valence-corrected chi connectivity index (χ4v) is 3.21. The monoisotopic (exact) mass is 433 g/mol. The number of ether oxygens (including phenoxy) is 1. The van der Waals surface area contributed by atoms with Crippen molar-refractivity contribution in [1.29, 1.82) is 0 Å². The Bertz CT molecular complexity index is 1050. The predicted molar refractivity (Wildman–Crippen MR) is 123 cm³/mol. The van der Waals surface area contributed by atoms with Crippen LogP contribution in [0.2, 0.25) is 0 Å². The normalized spacial score (nSPS) is 11.6. The van der Waals surface area contributed by atoms with E-state index in [1.807, 2.05) is 30.3 Å². The number of aliphatic carboxylic acids is 1. The van der Waals surface area contributed by atoms with Crippen LogP contribution < -0.4 is 15.4 Å². The molecule has 3 aromatic rings. The minimum Gasteiger partial charge on any atom is -0.497 e. The van der Waals surface area contributed by atoms with Crippen LogP contribution in [0.3, 0.4) is 0 Å². The highest BCUT2D eigenvalue weighted by atomic mass is 16.5. The summed E-state index contributed by atoms with van der Waals surface area (Å²) in [4.78, 5) is 26.6. The maximum Gasteiger partial charge on any atom is 0.303 e. The van der Waals surface area contributed by atoms with Crippen molar-refractivity contribution in [3.05, 3.63) is 78.0 Å². The first-order valence-corrected chi connectivity index (χ1v) is 10.4. The number of carbonyl (C=O) groups is 2. The van der Waals surface area contributed by atoms with Crippen LogP contribution in [0.25, 0.3) is 11.1 Å². The molecule has 1 aromatic heterocycles. The maximum absolute atomic E-state index is 11.8. The molecule has 0 aliphatic carbocycles. The van der Waals surface area contributed by atoms with Gasteiger partial charge in [-0.1, -0.05) is 30.3 Å². The third-order valence-electron chi connectivity index (χ3n) is 5.09. The van der Waals surface area contributed by atoms with E-state index in [-0.39, 0.29) is 24.8 Å². The van der Waals surface area contributed by atoms with Gasteiger partial charge in [0.2, 0.25) is 5.91 Å². The van der Waals surface area contributed by atoms with Crippen molar-refractivity contribution < 1.29 is 19.4 Å². The number of hydrogen-bond donors (Lipinski definition) is 3. The van der Waals surface area contributed by atoms with Gasteiger partial charge in [-0.3, -0.25) is 9.59 Å². The maximum atomic E-state index is 11.8. The van der Waals surface area contributed by atoms with Gasteiger partial charge >= 0.3 is 5.97 Å². The van der Waals surface area contributed by atoms with Gasteiger partial charge in [0.15, 0.2) is 0 Å². The van der Waals surface area contributed by atoms with E-state index >= 15 is 0 Å². The van der Waals surface area contributed by atoms with Gasteiger partial charge in [0.1, 0.15) is 11.6 Å². The Labute approximate surface area is 187 Å². The summed E-state index contributed by atoms with van der Waals surface area (Å²) in [5.74, 6) is -0.133. The molecular formula is C25H27N3O4. The first kappa shape index (κ1) is 23.0. The van der Waals surface area contributed by atoms with E-state index in [1.165, 1.54) is 5.56 Å². The Morgan fingerprint density at radius 3 is 2.47 bits per heavy atom. The largest absolute Gasteiger partial charge is 0.497 e. The van der Waals surface area contributed by atoms with Crippen molar-refractivity contribution in [2.45, 2.75) is 32.4 Å². The molecule has 32 heavy (non-hydrogen) atoms. The summed E-state index contributed by atoms with van der Waals surface area (Å²) in [6, 6.07) is 20.0. The van der Waals surface area contributed by atoms with Gasteiger partial charge in [-0.25, -0.2) is 4.98 Å². The number of methoxy groups -OCH3 is 1. The lowest BCUT2D eigenvalue weighted by Crippen LogP contribution is -2.18. The molecule has 1 heterocycles. The zero-order chi connectivity index (χ0) is 22.9. The molecule has 0 spiro atoms. The van der Waals surface area contributed by atoms with Gasteiger partial charge in [0.05, 0.1) is 13.5 Å². The van der Waals surface area contributed by atoms with Gasteiger partial charge in [-0.05, 0) is 53.9 Å². The first-order chi connectivity index (χ1) is 15.4. The highest BCUT2D eigenvalue weighted by Gasteiger charge is 2.08. The molecule has 2 aromatic carbocycles. The molecule has 7 heteroatoms. The number of rotatable bonds is 10. The highest BCUT2D eigenvalue weighted by Crippen LogP contribution is 2.22. The Hall–Kier alpha value is -3.71. The summed E-state index contributed by atoms with van der Waals surface area (Å²) in [5.41, 5.74) is 4.29. The number of carboxylic acid groups (broad SMARTS) is 1. The minimum absolute atomic E-state index is 0.0806. The second-order valence-electron chi connectivity index (χ2n) is 7.45. The van der Waals surface area contributed by atoms with E-state index in [1.54, 1.807) is 19.4 Å². The van der Waals surface area contributed by atoms with E-state index in [0.29, 0.717) is 12.4 Å². The Kier molecular flexibility index (Phi) is 7.94. The van der Waals surface area contributed by atoms with Crippen LogP contribution in [0.15, 0.2) is 66.9 Å². The molecule has 0 unspecified atom stereocenters. The van der Waals surface area contributed by atoms with Crippen LogP contribution >= 0.6 is 0 Å². The fraction of sp³-hybridized carbons (Fsp3) is 0.240. The van der Waals surface area contributed by atoms with E-state index in [9.17, 15) is 9.59 Å². The molecule has 0 aliphatic heterocycles. The lowest BCUT2D eigenvalue weighted by molar-refractivity contribution is -0.138. The number of carboxylic acids is 1. The molecule has 1 amide bonds. The van der Waals surface area contributed by atoms with Crippen LogP contribution in [-0.4, -0.2) is 29.1 Å². The van der Waals surface area contributed by atoms with Crippen molar-refractivity contribution in [1.82, 2.24) is 10.3 Å². The van der Waals surface area contributed by atoms with Gasteiger partial charge < -0.3 is 20.5 Å². The average Bonchev–Trinajstić information content (AvgIpc) is 2.82. The van der Waals surface area contributed by atoms with Gasteiger partial charge in [-0.2, -0.15) is 0 Å². The van der Waals surface area contributed by atoms with Crippen LogP contribution in [0.1, 0.15) is 36.9 Å². The molecule has 7 nitrogen and oxygen atoms in total. The van der Waals surface area contributed by atoms with Crippen molar-refractivity contribution in [3.63, 3.8) is 0 Å². The molecule has 0 saturated heterocycles. The molecule has 0 aliphatic rings. The number of nitrogens with zero attached hydrogens (tertiary/aromatic N) is 1. The van der Waals surface area contributed by atoms with E-state index < -0.39 is 5.97 Å². The van der Waals surface area contributed by atoms with Gasteiger partial charge in [0.25, 0.3) is 0 Å². The van der Waals surface area contributed by atoms with Gasteiger partial charge in [0, 0.05) is 30.8 Å². The Balaban J connectivity index is 1.59. The van der Waals surface area contributed by atoms with Crippen LogP contribution in [0.4, 0.5) is 5.82 Å². The fourth-order valence-electron chi connectivity index (χ4n) is 3.21. The molecule has 0 fully saturated rings. The topological polar surface area (TPSA) is 101 Å². The summed E-state index contributed by atoms with van der Waals surface area (Å²) in [5, 5.41) is 14.8. The number of carbonyl (C=O) groups excluding carboxylic acids is 1. The summed E-state index contributed by atoms with van der Waals surface area (Å²) in [7, 11) is 1.66. The molecule has 3 rings (SSSR count). The summed E-state index contributed by atoms with van der Waals surface area (Å²) < 4.78 is 5.21. The van der Waals surface area contributed by atoms with Crippen LogP contribution in [0.5, 0.6) is 5.75 Å². The number of pyridine rings is 1. The first-order valence-electron chi connectivity index (χ1n) is 10.4. The molecule has 3 N–H and O–H groups in total. The predicted octanol–water partition coefficient (Wildman–Crippen LogP) is 4.41. The quantitative estimate of drug-likeness (QED) is 0.438. The second-order valence-corrected chi connectivity index (χ2v) is 7.45. The summed E-state index contributed by atoms with van der Waals surface area (Å²) in [6.07, 6.45) is 1.41. The Morgan fingerprint density at radius 2 is 1.81 bits per heavy atom. The lowest BCUT2D eigenvalue weighted by Gasteiger charge is -2.15. The zero-order valence-corrected chi connectivity index (χ0v) is 18.2.